The molecule has 0 spiro atoms. The van der Waals surface area contributed by atoms with E-state index in [1.165, 1.54) is 0 Å². The van der Waals surface area contributed by atoms with Crippen LogP contribution in [-0.4, -0.2) is 18.6 Å². The van der Waals surface area contributed by atoms with E-state index in [4.69, 9.17) is 0 Å². The van der Waals surface area contributed by atoms with E-state index >= 15 is 0 Å². The van der Waals surface area contributed by atoms with Crippen LogP contribution in [-0.2, 0) is 9.53 Å². The van der Waals surface area contributed by atoms with Gasteiger partial charge in [0.2, 0.25) is 5.91 Å². The van der Waals surface area contributed by atoms with Gasteiger partial charge in [-0.05, 0) is 19.3 Å². The number of hydrazine groups is 1. The standard InChI is InChI=1S/C9H18N2O3/c1-4-14-9(13)11-10-8(12)6-5-7(2)3/h7H,4-6H2,1-3H3,(H,10,12)(H,11,13). The Morgan fingerprint density at radius 2 is 1.93 bits per heavy atom. The minimum Gasteiger partial charge on any atom is -0.449 e. The second-order valence-electron chi connectivity index (χ2n) is 3.33. The fraction of sp³-hybridized carbons (Fsp3) is 0.778. The maximum absolute atomic E-state index is 11.1. The molecular formula is C9H18N2O3. The molecule has 82 valence electrons. The van der Waals surface area contributed by atoms with Gasteiger partial charge in [0.1, 0.15) is 0 Å². The molecular weight excluding hydrogens is 184 g/mol. The summed E-state index contributed by atoms with van der Waals surface area (Å²) in [5, 5.41) is 0. The minimum absolute atomic E-state index is 0.202. The van der Waals surface area contributed by atoms with Gasteiger partial charge in [0.15, 0.2) is 0 Å². The van der Waals surface area contributed by atoms with Gasteiger partial charge in [0.05, 0.1) is 6.61 Å². The van der Waals surface area contributed by atoms with Crippen molar-refractivity contribution in [3.05, 3.63) is 0 Å². The van der Waals surface area contributed by atoms with E-state index < -0.39 is 6.09 Å². The zero-order chi connectivity index (χ0) is 11.0. The van der Waals surface area contributed by atoms with Crippen molar-refractivity contribution in [3.8, 4) is 0 Å². The summed E-state index contributed by atoms with van der Waals surface area (Å²) < 4.78 is 4.55. The molecule has 14 heavy (non-hydrogen) atoms. The molecule has 0 atom stereocenters. The first-order chi connectivity index (χ1) is 6.56. The van der Waals surface area contributed by atoms with Crippen LogP contribution in [0.5, 0.6) is 0 Å². The highest BCUT2D eigenvalue weighted by molar-refractivity contribution is 5.78. The summed E-state index contributed by atoms with van der Waals surface area (Å²) in [5.41, 5.74) is 4.41. The third-order valence-electron chi connectivity index (χ3n) is 1.53. The average molecular weight is 202 g/mol. The Bertz CT molecular complexity index is 192. The summed E-state index contributed by atoms with van der Waals surface area (Å²) in [7, 11) is 0. The molecule has 5 nitrogen and oxygen atoms in total. The van der Waals surface area contributed by atoms with Crippen molar-refractivity contribution in [1.82, 2.24) is 10.9 Å². The molecule has 5 heteroatoms. The van der Waals surface area contributed by atoms with Gasteiger partial charge in [-0.25, -0.2) is 10.2 Å². The first kappa shape index (κ1) is 12.7. The fourth-order valence-electron chi connectivity index (χ4n) is 0.770. The van der Waals surface area contributed by atoms with Crippen LogP contribution in [0.4, 0.5) is 4.79 Å². The van der Waals surface area contributed by atoms with Gasteiger partial charge < -0.3 is 4.74 Å². The zero-order valence-electron chi connectivity index (χ0n) is 8.92. The van der Waals surface area contributed by atoms with Crippen LogP contribution in [0.3, 0.4) is 0 Å². The Labute approximate surface area is 84.2 Å². The van der Waals surface area contributed by atoms with Crippen LogP contribution < -0.4 is 10.9 Å². The van der Waals surface area contributed by atoms with Crippen molar-refractivity contribution in [2.75, 3.05) is 6.61 Å². The third-order valence-corrected chi connectivity index (χ3v) is 1.53. The molecule has 2 amide bonds. The predicted molar refractivity (Wildman–Crippen MR) is 52.4 cm³/mol. The molecule has 0 aliphatic heterocycles. The number of hydrogen-bond acceptors (Lipinski definition) is 3. The minimum atomic E-state index is -0.634. The summed E-state index contributed by atoms with van der Waals surface area (Å²) in [6, 6.07) is 0. The van der Waals surface area contributed by atoms with Crippen molar-refractivity contribution in [2.24, 2.45) is 5.92 Å². The molecule has 0 radical (unpaired) electrons. The second kappa shape index (κ2) is 7.17. The lowest BCUT2D eigenvalue weighted by Gasteiger charge is -2.07. The van der Waals surface area contributed by atoms with Gasteiger partial charge in [-0.15, -0.1) is 0 Å². The molecule has 0 heterocycles. The Balaban J connectivity index is 3.48. The highest BCUT2D eigenvalue weighted by Gasteiger charge is 2.05. The van der Waals surface area contributed by atoms with E-state index in [9.17, 15) is 9.59 Å². The Morgan fingerprint density at radius 1 is 1.29 bits per heavy atom. The molecule has 2 N–H and O–H groups in total. The molecule has 0 saturated heterocycles. The number of hydrogen-bond donors (Lipinski definition) is 2. The molecule has 0 aliphatic carbocycles. The molecule has 0 aliphatic rings. The van der Waals surface area contributed by atoms with E-state index in [0.29, 0.717) is 12.3 Å². The Kier molecular flexibility index (Phi) is 6.53. The summed E-state index contributed by atoms with van der Waals surface area (Å²) in [6.07, 6.45) is 0.575. The fourth-order valence-corrected chi connectivity index (χ4v) is 0.770. The molecule has 0 unspecified atom stereocenters. The third kappa shape index (κ3) is 7.39. The highest BCUT2D eigenvalue weighted by atomic mass is 16.5. The van der Waals surface area contributed by atoms with Crippen LogP contribution in [0.1, 0.15) is 33.6 Å². The molecule has 0 aromatic rings. The van der Waals surface area contributed by atoms with Crippen molar-refractivity contribution < 1.29 is 14.3 Å². The average Bonchev–Trinajstić information content (AvgIpc) is 2.12. The van der Waals surface area contributed by atoms with Gasteiger partial charge in [-0.1, -0.05) is 13.8 Å². The summed E-state index contributed by atoms with van der Waals surface area (Å²) >= 11 is 0. The van der Waals surface area contributed by atoms with E-state index in [1.807, 2.05) is 13.8 Å². The lowest BCUT2D eigenvalue weighted by molar-refractivity contribution is -0.122. The zero-order valence-corrected chi connectivity index (χ0v) is 8.92. The quantitative estimate of drug-likeness (QED) is 0.673. The second-order valence-corrected chi connectivity index (χ2v) is 3.33. The summed E-state index contributed by atoms with van der Waals surface area (Å²) in [6.45, 7) is 6.05. The van der Waals surface area contributed by atoms with Crippen LogP contribution >= 0.6 is 0 Å². The van der Waals surface area contributed by atoms with Gasteiger partial charge in [0, 0.05) is 6.42 Å². The molecule has 0 saturated carbocycles. The van der Waals surface area contributed by atoms with E-state index in [0.717, 1.165) is 6.42 Å². The van der Waals surface area contributed by atoms with Crippen molar-refractivity contribution in [2.45, 2.75) is 33.6 Å². The summed E-state index contributed by atoms with van der Waals surface area (Å²) in [5.74, 6) is 0.273. The molecule has 0 rings (SSSR count). The summed E-state index contributed by atoms with van der Waals surface area (Å²) in [4.78, 5) is 21.8. The SMILES string of the molecule is CCOC(=O)NNC(=O)CCC(C)C. The lowest BCUT2D eigenvalue weighted by atomic mass is 10.1. The van der Waals surface area contributed by atoms with Crippen LogP contribution in [0.15, 0.2) is 0 Å². The van der Waals surface area contributed by atoms with Gasteiger partial charge in [-0.2, -0.15) is 0 Å². The van der Waals surface area contributed by atoms with Gasteiger partial charge >= 0.3 is 6.09 Å². The number of carbonyl (C=O) groups excluding carboxylic acids is 2. The van der Waals surface area contributed by atoms with Crippen molar-refractivity contribution >= 4 is 12.0 Å². The van der Waals surface area contributed by atoms with Crippen LogP contribution in [0.25, 0.3) is 0 Å². The lowest BCUT2D eigenvalue weighted by Crippen LogP contribution is -2.41. The van der Waals surface area contributed by atoms with Gasteiger partial charge in [-0.3, -0.25) is 10.2 Å². The van der Waals surface area contributed by atoms with E-state index in [-0.39, 0.29) is 12.5 Å². The smallest absolute Gasteiger partial charge is 0.426 e. The van der Waals surface area contributed by atoms with Crippen molar-refractivity contribution in [3.63, 3.8) is 0 Å². The topological polar surface area (TPSA) is 67.4 Å². The number of rotatable bonds is 4. The molecule has 0 aromatic carbocycles. The molecule has 0 bridgehead atoms. The maximum Gasteiger partial charge on any atom is 0.426 e. The maximum atomic E-state index is 11.1. The molecule has 0 fully saturated rings. The van der Waals surface area contributed by atoms with E-state index in [1.54, 1.807) is 6.92 Å². The first-order valence-electron chi connectivity index (χ1n) is 4.77. The largest absolute Gasteiger partial charge is 0.449 e. The Morgan fingerprint density at radius 3 is 2.43 bits per heavy atom. The van der Waals surface area contributed by atoms with Crippen molar-refractivity contribution in [1.29, 1.82) is 0 Å². The monoisotopic (exact) mass is 202 g/mol. The van der Waals surface area contributed by atoms with E-state index in [2.05, 4.69) is 15.6 Å². The van der Waals surface area contributed by atoms with Crippen LogP contribution in [0, 0.1) is 5.92 Å². The first-order valence-corrected chi connectivity index (χ1v) is 4.77. The number of nitrogens with one attached hydrogen (secondary N) is 2. The van der Waals surface area contributed by atoms with Crippen LogP contribution in [0.2, 0.25) is 0 Å². The Hall–Kier alpha value is -1.26. The van der Waals surface area contributed by atoms with Gasteiger partial charge in [0.25, 0.3) is 0 Å². The number of carbonyl (C=O) groups is 2. The normalized spacial score (nSPS) is 9.71. The number of ether oxygens (including phenoxy) is 1. The number of amides is 2. The predicted octanol–water partition coefficient (Wildman–Crippen LogP) is 1.20. The molecule has 0 aromatic heterocycles. The highest BCUT2D eigenvalue weighted by Crippen LogP contribution is 2.02.